The Labute approximate surface area is 208 Å². The van der Waals surface area contributed by atoms with Gasteiger partial charge in [-0.1, -0.05) is 44.2 Å². The Hall–Kier alpha value is -4.34. The minimum absolute atomic E-state index is 0.105. The molecule has 0 unspecified atom stereocenters. The highest BCUT2D eigenvalue weighted by molar-refractivity contribution is 6.05. The summed E-state index contributed by atoms with van der Waals surface area (Å²) in [4.78, 5) is 54.1. The summed E-state index contributed by atoms with van der Waals surface area (Å²) in [6, 6.07) is 10.6. The van der Waals surface area contributed by atoms with Gasteiger partial charge >= 0.3 is 11.7 Å². The Morgan fingerprint density at radius 1 is 1.22 bits per heavy atom. The van der Waals surface area contributed by atoms with E-state index in [-0.39, 0.29) is 41.8 Å². The van der Waals surface area contributed by atoms with E-state index < -0.39 is 23.1 Å². The summed E-state index contributed by atoms with van der Waals surface area (Å²) >= 11 is 0. The Morgan fingerprint density at radius 3 is 2.56 bits per heavy atom. The molecule has 1 amide bonds. The fraction of sp³-hybridized carbons (Fsp3) is 0.308. The third kappa shape index (κ3) is 6.01. The Morgan fingerprint density at radius 2 is 1.92 bits per heavy atom. The lowest BCUT2D eigenvalue weighted by Crippen LogP contribution is -2.41. The number of aromatic amines is 1. The maximum Gasteiger partial charge on any atom is 0.341 e. The van der Waals surface area contributed by atoms with E-state index in [2.05, 4.69) is 4.98 Å². The number of carbonyl (C=O) groups is 2. The molecular formula is C26H30N4O6. The summed E-state index contributed by atoms with van der Waals surface area (Å²) in [5.74, 6) is -0.359. The summed E-state index contributed by atoms with van der Waals surface area (Å²) in [5, 5.41) is 0. The van der Waals surface area contributed by atoms with Crippen molar-refractivity contribution in [3.63, 3.8) is 0 Å². The molecular weight excluding hydrogens is 464 g/mol. The quantitative estimate of drug-likeness (QED) is 0.344. The Bertz CT molecular complexity index is 1380. The van der Waals surface area contributed by atoms with Crippen LogP contribution in [0.25, 0.3) is 6.08 Å². The van der Waals surface area contributed by atoms with Crippen LogP contribution in [0.5, 0.6) is 0 Å². The normalized spacial score (nSPS) is 11.2. The second kappa shape index (κ2) is 11.4. The number of nitrogens with one attached hydrogen (secondary N) is 1. The van der Waals surface area contributed by atoms with Crippen molar-refractivity contribution < 1.29 is 18.7 Å². The number of methoxy groups -OCH3 is 1. The highest BCUT2D eigenvalue weighted by Gasteiger charge is 2.23. The number of benzene rings is 1. The average Bonchev–Trinajstić information content (AvgIpc) is 3.22. The molecule has 0 aliphatic heterocycles. The van der Waals surface area contributed by atoms with Crippen molar-refractivity contribution in [2.75, 3.05) is 24.3 Å². The minimum Gasteiger partial charge on any atom is -0.465 e. The zero-order valence-electron chi connectivity index (χ0n) is 20.7. The molecule has 190 valence electrons. The molecule has 0 fully saturated rings. The van der Waals surface area contributed by atoms with Crippen molar-refractivity contribution in [2.45, 2.75) is 33.7 Å². The van der Waals surface area contributed by atoms with E-state index in [1.165, 1.54) is 34.8 Å². The zero-order valence-corrected chi connectivity index (χ0v) is 20.7. The number of ether oxygens (including phenoxy) is 1. The van der Waals surface area contributed by atoms with Gasteiger partial charge in [0.15, 0.2) is 5.69 Å². The molecule has 2 heterocycles. The number of furan rings is 1. The molecule has 0 saturated heterocycles. The second-order valence-electron chi connectivity index (χ2n) is 8.68. The van der Waals surface area contributed by atoms with E-state index >= 15 is 0 Å². The van der Waals surface area contributed by atoms with Gasteiger partial charge in [-0.15, -0.1) is 0 Å². The molecule has 3 aromatic rings. The number of rotatable bonds is 9. The number of nitrogens with zero attached hydrogens (tertiary/aromatic N) is 2. The molecule has 0 aliphatic carbocycles. The summed E-state index contributed by atoms with van der Waals surface area (Å²) in [7, 11) is 1.26. The second-order valence-corrected chi connectivity index (χ2v) is 8.68. The van der Waals surface area contributed by atoms with Crippen LogP contribution in [0.2, 0.25) is 0 Å². The van der Waals surface area contributed by atoms with Gasteiger partial charge in [-0.25, -0.2) is 9.59 Å². The number of aromatic nitrogens is 2. The monoisotopic (exact) mass is 494 g/mol. The van der Waals surface area contributed by atoms with Gasteiger partial charge in [0.25, 0.3) is 11.5 Å². The number of hydrogen-bond acceptors (Lipinski definition) is 7. The maximum absolute atomic E-state index is 13.3. The Kier molecular flexibility index (Phi) is 8.31. The molecule has 3 N–H and O–H groups in total. The summed E-state index contributed by atoms with van der Waals surface area (Å²) in [6.45, 7) is 5.91. The van der Waals surface area contributed by atoms with Crippen LogP contribution in [-0.4, -0.2) is 35.1 Å². The van der Waals surface area contributed by atoms with Gasteiger partial charge in [-0.3, -0.25) is 19.1 Å². The molecule has 1 aromatic carbocycles. The molecule has 10 heteroatoms. The van der Waals surface area contributed by atoms with E-state index in [1.807, 2.05) is 44.2 Å². The predicted octanol–water partition coefficient (Wildman–Crippen LogP) is 2.95. The largest absolute Gasteiger partial charge is 0.465 e. The van der Waals surface area contributed by atoms with Crippen LogP contribution in [0.1, 0.15) is 47.7 Å². The van der Waals surface area contributed by atoms with Crippen LogP contribution in [0, 0.1) is 12.8 Å². The van der Waals surface area contributed by atoms with Gasteiger partial charge in [0.1, 0.15) is 22.9 Å². The number of anilines is 2. The van der Waals surface area contributed by atoms with Crippen molar-refractivity contribution in [2.24, 2.45) is 5.92 Å². The smallest absolute Gasteiger partial charge is 0.341 e. The predicted molar refractivity (Wildman–Crippen MR) is 137 cm³/mol. The first-order valence-electron chi connectivity index (χ1n) is 11.5. The number of hydrogen-bond donors (Lipinski definition) is 2. The van der Waals surface area contributed by atoms with Gasteiger partial charge in [0.2, 0.25) is 0 Å². The first-order valence-corrected chi connectivity index (χ1v) is 11.5. The molecule has 10 nitrogen and oxygen atoms in total. The van der Waals surface area contributed by atoms with Crippen LogP contribution in [0.4, 0.5) is 11.5 Å². The highest BCUT2D eigenvalue weighted by Crippen LogP contribution is 2.21. The number of aryl methyl sites for hydroxylation is 1. The van der Waals surface area contributed by atoms with Crippen LogP contribution in [0.15, 0.2) is 56.5 Å². The first-order chi connectivity index (χ1) is 17.1. The zero-order chi connectivity index (χ0) is 26.4. The average molecular weight is 495 g/mol. The number of amides is 1. The van der Waals surface area contributed by atoms with E-state index in [4.69, 9.17) is 14.9 Å². The van der Waals surface area contributed by atoms with Crippen molar-refractivity contribution >= 4 is 29.5 Å². The van der Waals surface area contributed by atoms with E-state index in [9.17, 15) is 19.2 Å². The molecule has 0 bridgehead atoms. The summed E-state index contributed by atoms with van der Waals surface area (Å²) in [5.41, 5.74) is 5.83. The maximum atomic E-state index is 13.3. The molecule has 0 aliphatic rings. The third-order valence-electron chi connectivity index (χ3n) is 5.60. The molecule has 0 saturated carbocycles. The molecule has 3 rings (SSSR count). The SMILES string of the molecule is COC(=O)c1cc(C=CC(=O)N(CCC(C)C)c2c(N)n(Cc3ccccc3)c(=O)[nH]c2=O)oc1C. The summed E-state index contributed by atoms with van der Waals surface area (Å²) < 4.78 is 11.5. The number of carbonyl (C=O) groups excluding carboxylic acids is 2. The minimum atomic E-state index is -0.755. The molecule has 0 spiro atoms. The number of esters is 1. The number of nitrogens with two attached hydrogens (primary N) is 1. The summed E-state index contributed by atoms with van der Waals surface area (Å²) in [6.07, 6.45) is 3.21. The van der Waals surface area contributed by atoms with Crippen molar-refractivity contribution in [1.82, 2.24) is 9.55 Å². The molecule has 0 radical (unpaired) electrons. The topological polar surface area (TPSA) is 141 Å². The molecule has 0 atom stereocenters. The van der Waals surface area contributed by atoms with Gasteiger partial charge in [-0.2, -0.15) is 0 Å². The Balaban J connectivity index is 2.00. The number of nitrogen functional groups attached to an aromatic ring is 1. The van der Waals surface area contributed by atoms with E-state index in [1.54, 1.807) is 6.92 Å². The molecule has 2 aromatic heterocycles. The lowest BCUT2D eigenvalue weighted by molar-refractivity contribution is -0.114. The molecule has 36 heavy (non-hydrogen) atoms. The van der Waals surface area contributed by atoms with Crippen molar-refractivity contribution in [1.29, 1.82) is 0 Å². The van der Waals surface area contributed by atoms with Crippen LogP contribution >= 0.6 is 0 Å². The van der Waals surface area contributed by atoms with Gasteiger partial charge in [0, 0.05) is 12.6 Å². The standard InChI is InChI=1S/C26H30N4O6/c1-16(2)12-13-29(21(31)11-10-19-14-20(17(3)36-19)25(33)35-4)22-23(27)30(26(34)28-24(22)32)15-18-8-6-5-7-9-18/h5-11,14,16H,12-13,15,27H2,1-4H3,(H,28,32,34). The third-order valence-corrected chi connectivity index (χ3v) is 5.60. The lowest BCUT2D eigenvalue weighted by Gasteiger charge is -2.24. The van der Waals surface area contributed by atoms with Gasteiger partial charge in [-0.05, 0) is 37.0 Å². The van der Waals surface area contributed by atoms with E-state index in [0.29, 0.717) is 12.2 Å². The van der Waals surface area contributed by atoms with Crippen molar-refractivity contribution in [3.8, 4) is 0 Å². The number of H-pyrrole nitrogens is 1. The highest BCUT2D eigenvalue weighted by atomic mass is 16.5. The van der Waals surface area contributed by atoms with Gasteiger partial charge < -0.3 is 19.8 Å². The van der Waals surface area contributed by atoms with Crippen LogP contribution in [0.3, 0.4) is 0 Å². The first kappa shape index (κ1) is 26.3. The van der Waals surface area contributed by atoms with Crippen LogP contribution in [-0.2, 0) is 16.1 Å². The fourth-order valence-electron chi connectivity index (χ4n) is 3.62. The van der Waals surface area contributed by atoms with Crippen molar-refractivity contribution in [3.05, 3.63) is 86.0 Å². The van der Waals surface area contributed by atoms with Gasteiger partial charge in [0.05, 0.1) is 13.7 Å². The lowest BCUT2D eigenvalue weighted by atomic mass is 10.1. The van der Waals surface area contributed by atoms with E-state index in [0.717, 1.165) is 5.56 Å². The fourth-order valence-corrected chi connectivity index (χ4v) is 3.62. The van der Waals surface area contributed by atoms with Crippen LogP contribution < -0.4 is 21.9 Å².